The predicted octanol–water partition coefficient (Wildman–Crippen LogP) is 4.80. The summed E-state index contributed by atoms with van der Waals surface area (Å²) in [7, 11) is 3.15. The Labute approximate surface area is 174 Å². The van der Waals surface area contributed by atoms with E-state index in [1.54, 1.807) is 32.4 Å². The zero-order valence-electron chi connectivity index (χ0n) is 16.3. The summed E-state index contributed by atoms with van der Waals surface area (Å²) in [6.07, 6.45) is 2.04. The number of carbonyl (C=O) groups excluding carboxylic acids is 1. The molecule has 0 fully saturated rings. The number of rotatable bonds is 4. The molecule has 2 aromatic carbocycles. The summed E-state index contributed by atoms with van der Waals surface area (Å²) in [6, 6.07) is 16.6. The van der Waals surface area contributed by atoms with Gasteiger partial charge in [-0.05, 0) is 42.0 Å². The molecule has 0 bridgehead atoms. The van der Waals surface area contributed by atoms with Gasteiger partial charge >= 0.3 is 6.03 Å². The van der Waals surface area contributed by atoms with Crippen molar-refractivity contribution in [2.45, 2.75) is 12.6 Å². The van der Waals surface area contributed by atoms with Gasteiger partial charge in [0, 0.05) is 36.1 Å². The average molecular weight is 412 g/mol. The summed E-state index contributed by atoms with van der Waals surface area (Å²) < 4.78 is 12.8. The van der Waals surface area contributed by atoms with Gasteiger partial charge in [-0.2, -0.15) is 0 Å². The summed E-state index contributed by atoms with van der Waals surface area (Å²) in [5.41, 5.74) is 2.66. The van der Waals surface area contributed by atoms with E-state index in [9.17, 15) is 4.79 Å². The number of benzene rings is 2. The normalized spacial score (nSPS) is 15.6. The molecule has 2 amide bonds. The Morgan fingerprint density at radius 2 is 1.86 bits per heavy atom. The van der Waals surface area contributed by atoms with Gasteiger partial charge in [0.25, 0.3) is 0 Å². The second kappa shape index (κ2) is 8.09. The first-order valence-electron chi connectivity index (χ1n) is 9.31. The Balaban J connectivity index is 1.66. The summed E-state index contributed by atoms with van der Waals surface area (Å²) in [5.74, 6) is 1.20. The van der Waals surface area contributed by atoms with Gasteiger partial charge in [0.05, 0.1) is 25.9 Å². The maximum Gasteiger partial charge on any atom is 0.322 e. The fraction of sp³-hybridized carbons (Fsp3) is 0.227. The lowest BCUT2D eigenvalue weighted by Gasteiger charge is -2.37. The summed E-state index contributed by atoms with van der Waals surface area (Å²) in [4.78, 5) is 15.1. The van der Waals surface area contributed by atoms with Gasteiger partial charge in [-0.15, -0.1) is 0 Å². The molecule has 2 heterocycles. The zero-order valence-corrected chi connectivity index (χ0v) is 17.0. The van der Waals surface area contributed by atoms with Gasteiger partial charge in [0.1, 0.15) is 11.5 Å². The van der Waals surface area contributed by atoms with Gasteiger partial charge in [0.2, 0.25) is 0 Å². The first-order valence-corrected chi connectivity index (χ1v) is 9.68. The van der Waals surface area contributed by atoms with Crippen LogP contribution in [0.1, 0.15) is 17.3 Å². The topological polar surface area (TPSA) is 55.7 Å². The van der Waals surface area contributed by atoms with Crippen LogP contribution >= 0.6 is 11.6 Å². The van der Waals surface area contributed by atoms with Crippen molar-refractivity contribution in [2.75, 3.05) is 26.1 Å². The minimum atomic E-state index is -0.208. The van der Waals surface area contributed by atoms with E-state index in [4.69, 9.17) is 21.1 Å². The third-order valence-electron chi connectivity index (χ3n) is 5.14. The van der Waals surface area contributed by atoms with Crippen LogP contribution in [0, 0.1) is 0 Å². The molecule has 29 heavy (non-hydrogen) atoms. The molecule has 1 aliphatic rings. The van der Waals surface area contributed by atoms with Crippen molar-refractivity contribution in [3.8, 4) is 11.5 Å². The Bertz CT molecular complexity index is 1020. The number of hydrogen-bond donors (Lipinski definition) is 1. The second-order valence-corrected chi connectivity index (χ2v) is 7.21. The number of halogens is 1. The molecule has 150 valence electrons. The fourth-order valence-electron chi connectivity index (χ4n) is 3.69. The Morgan fingerprint density at radius 3 is 2.59 bits per heavy atom. The molecule has 6 nitrogen and oxygen atoms in total. The first-order chi connectivity index (χ1) is 14.1. The number of nitrogens with one attached hydrogen (secondary N) is 1. The van der Waals surface area contributed by atoms with Crippen LogP contribution in [0.3, 0.4) is 0 Å². The number of fused-ring (bicyclic) bond motifs is 1. The number of urea groups is 1. The molecule has 0 spiro atoms. The van der Waals surface area contributed by atoms with Crippen LogP contribution in [0.5, 0.6) is 11.5 Å². The highest BCUT2D eigenvalue weighted by atomic mass is 35.5. The van der Waals surface area contributed by atoms with Gasteiger partial charge < -0.3 is 24.3 Å². The number of ether oxygens (including phenoxy) is 2. The largest absolute Gasteiger partial charge is 0.497 e. The van der Waals surface area contributed by atoms with E-state index < -0.39 is 0 Å². The lowest BCUT2D eigenvalue weighted by Crippen LogP contribution is -2.44. The molecule has 0 aliphatic carbocycles. The Kier molecular flexibility index (Phi) is 5.36. The maximum absolute atomic E-state index is 13.3. The van der Waals surface area contributed by atoms with Crippen LogP contribution in [-0.4, -0.2) is 36.3 Å². The highest BCUT2D eigenvalue weighted by Gasteiger charge is 2.32. The van der Waals surface area contributed by atoms with E-state index in [2.05, 4.69) is 9.88 Å². The number of nitrogens with zero attached hydrogens (tertiary/aromatic N) is 2. The second-order valence-electron chi connectivity index (χ2n) is 6.77. The SMILES string of the molecule is COc1ccc(NC(=O)N2CCn3cccc3[C@@H]2c2ccc(Cl)cc2)c(OC)c1. The van der Waals surface area contributed by atoms with Crippen LogP contribution in [0.4, 0.5) is 10.5 Å². The third kappa shape index (κ3) is 3.76. The third-order valence-corrected chi connectivity index (χ3v) is 5.39. The van der Waals surface area contributed by atoms with E-state index >= 15 is 0 Å². The van der Waals surface area contributed by atoms with E-state index in [0.717, 1.165) is 17.8 Å². The minimum absolute atomic E-state index is 0.194. The number of methoxy groups -OCH3 is 2. The molecular weight excluding hydrogens is 390 g/mol. The number of hydrogen-bond acceptors (Lipinski definition) is 3. The number of aromatic nitrogens is 1. The smallest absolute Gasteiger partial charge is 0.322 e. The van der Waals surface area contributed by atoms with Crippen LogP contribution in [-0.2, 0) is 6.54 Å². The Hall–Kier alpha value is -3.12. The van der Waals surface area contributed by atoms with Gasteiger partial charge in [-0.25, -0.2) is 4.79 Å². The van der Waals surface area contributed by atoms with Crippen molar-refractivity contribution in [2.24, 2.45) is 0 Å². The van der Waals surface area contributed by atoms with Crippen molar-refractivity contribution < 1.29 is 14.3 Å². The molecule has 1 atom stereocenters. The lowest BCUT2D eigenvalue weighted by molar-refractivity contribution is 0.181. The Morgan fingerprint density at radius 1 is 1.07 bits per heavy atom. The van der Waals surface area contributed by atoms with E-state index in [-0.39, 0.29) is 12.1 Å². The minimum Gasteiger partial charge on any atom is -0.497 e. The van der Waals surface area contributed by atoms with E-state index in [1.165, 1.54) is 0 Å². The van der Waals surface area contributed by atoms with Crippen molar-refractivity contribution >= 4 is 23.3 Å². The number of carbonyl (C=O) groups is 1. The van der Waals surface area contributed by atoms with Crippen LogP contribution in [0.2, 0.25) is 5.02 Å². The quantitative estimate of drug-likeness (QED) is 0.671. The molecule has 1 aliphatic heterocycles. The average Bonchev–Trinajstić information content (AvgIpc) is 3.23. The maximum atomic E-state index is 13.3. The highest BCUT2D eigenvalue weighted by Crippen LogP contribution is 2.35. The standard InChI is InChI=1S/C22H22ClN3O3/c1-28-17-9-10-18(20(14-17)29-2)24-22(27)26-13-12-25-11-3-4-19(25)21(26)15-5-7-16(23)8-6-15/h3-11,14,21H,12-13H2,1-2H3,(H,24,27)/t21-/m0/s1. The highest BCUT2D eigenvalue weighted by molar-refractivity contribution is 6.30. The molecule has 4 rings (SSSR count). The summed E-state index contributed by atoms with van der Waals surface area (Å²) >= 11 is 6.07. The van der Waals surface area contributed by atoms with Crippen LogP contribution in [0.15, 0.2) is 60.8 Å². The van der Waals surface area contributed by atoms with Crippen molar-refractivity contribution in [1.29, 1.82) is 0 Å². The predicted molar refractivity (Wildman–Crippen MR) is 113 cm³/mol. The first kappa shape index (κ1) is 19.2. The van der Waals surface area contributed by atoms with Gasteiger partial charge in [-0.3, -0.25) is 0 Å². The summed E-state index contributed by atoms with van der Waals surface area (Å²) in [6.45, 7) is 1.32. The van der Waals surface area contributed by atoms with E-state index in [0.29, 0.717) is 28.8 Å². The van der Waals surface area contributed by atoms with Crippen LogP contribution in [0.25, 0.3) is 0 Å². The molecule has 0 saturated carbocycles. The van der Waals surface area contributed by atoms with Crippen LogP contribution < -0.4 is 14.8 Å². The molecular formula is C22H22ClN3O3. The summed E-state index contributed by atoms with van der Waals surface area (Å²) in [5, 5.41) is 3.65. The van der Waals surface area contributed by atoms with Crippen molar-refractivity contribution in [3.63, 3.8) is 0 Å². The fourth-order valence-corrected chi connectivity index (χ4v) is 3.81. The molecule has 7 heteroatoms. The molecule has 1 aromatic heterocycles. The van der Waals surface area contributed by atoms with Crippen molar-refractivity contribution in [3.05, 3.63) is 77.1 Å². The molecule has 0 saturated heterocycles. The molecule has 0 radical (unpaired) electrons. The number of amides is 2. The lowest BCUT2D eigenvalue weighted by atomic mass is 10.0. The zero-order chi connectivity index (χ0) is 20.4. The van der Waals surface area contributed by atoms with E-state index in [1.807, 2.05) is 47.5 Å². The molecule has 1 N–H and O–H groups in total. The number of anilines is 1. The van der Waals surface area contributed by atoms with Gasteiger partial charge in [-0.1, -0.05) is 23.7 Å². The molecule has 0 unspecified atom stereocenters. The van der Waals surface area contributed by atoms with Crippen molar-refractivity contribution in [1.82, 2.24) is 9.47 Å². The monoisotopic (exact) mass is 411 g/mol. The van der Waals surface area contributed by atoms with Gasteiger partial charge in [0.15, 0.2) is 0 Å². The molecule has 3 aromatic rings.